The molecule has 1 aromatic heterocycles. The Morgan fingerprint density at radius 3 is 2.57 bits per heavy atom. The lowest BCUT2D eigenvalue weighted by atomic mass is 10.2. The summed E-state index contributed by atoms with van der Waals surface area (Å²) in [5, 5.41) is 0.345. The van der Waals surface area contributed by atoms with Gasteiger partial charge in [0.2, 0.25) is 5.91 Å². The fourth-order valence-corrected chi connectivity index (χ4v) is 1.85. The number of halogens is 2. The van der Waals surface area contributed by atoms with E-state index >= 15 is 0 Å². The lowest BCUT2D eigenvalue weighted by molar-refractivity contribution is -0.129. The van der Waals surface area contributed by atoms with Crippen LogP contribution in [0.4, 0.5) is 0 Å². The Kier molecular flexibility index (Phi) is 6.87. The fourth-order valence-electron chi connectivity index (χ4n) is 1.51. The third-order valence-corrected chi connectivity index (χ3v) is 3.24. The van der Waals surface area contributed by atoms with Crippen molar-refractivity contribution in [3.05, 3.63) is 28.0 Å². The number of amides is 2. The van der Waals surface area contributed by atoms with E-state index in [0.717, 1.165) is 0 Å². The van der Waals surface area contributed by atoms with E-state index in [0.29, 0.717) is 6.61 Å². The molecule has 8 heteroatoms. The van der Waals surface area contributed by atoms with E-state index in [1.165, 1.54) is 29.2 Å². The summed E-state index contributed by atoms with van der Waals surface area (Å²) in [6.45, 7) is 0.513. The second-order valence-electron chi connectivity index (χ2n) is 4.49. The molecule has 0 aliphatic carbocycles. The highest BCUT2D eigenvalue weighted by Crippen LogP contribution is 2.20. The summed E-state index contributed by atoms with van der Waals surface area (Å²) in [5.41, 5.74) is 0.208. The molecule has 2 amide bonds. The van der Waals surface area contributed by atoms with Crippen LogP contribution in [-0.4, -0.2) is 67.5 Å². The van der Waals surface area contributed by atoms with E-state index in [1.54, 1.807) is 14.1 Å². The molecule has 0 radical (unpaired) electrons. The standard InChI is InChI=1S/C13H17Cl2N3O3/c1-17(2)12(19)8-18(4-5-21-3)13(20)9-6-11(15)16-7-10(9)14/h6-7H,4-5,8H2,1-3H3. The Labute approximate surface area is 133 Å². The summed E-state index contributed by atoms with van der Waals surface area (Å²) in [7, 11) is 4.77. The highest BCUT2D eigenvalue weighted by molar-refractivity contribution is 6.35. The molecular formula is C13H17Cl2N3O3. The fraction of sp³-hybridized carbons (Fsp3) is 0.462. The van der Waals surface area contributed by atoms with Crippen LogP contribution in [0.1, 0.15) is 10.4 Å². The summed E-state index contributed by atoms with van der Waals surface area (Å²) in [5.74, 6) is -0.590. The monoisotopic (exact) mass is 333 g/mol. The first-order valence-corrected chi connectivity index (χ1v) is 6.91. The van der Waals surface area contributed by atoms with Gasteiger partial charge < -0.3 is 14.5 Å². The lowest BCUT2D eigenvalue weighted by Gasteiger charge is -2.24. The van der Waals surface area contributed by atoms with Crippen molar-refractivity contribution < 1.29 is 14.3 Å². The Balaban J connectivity index is 2.98. The molecule has 21 heavy (non-hydrogen) atoms. The van der Waals surface area contributed by atoms with Crippen molar-refractivity contribution in [1.82, 2.24) is 14.8 Å². The van der Waals surface area contributed by atoms with Crippen LogP contribution in [0.2, 0.25) is 10.2 Å². The van der Waals surface area contributed by atoms with Crippen LogP contribution in [0.5, 0.6) is 0 Å². The predicted molar refractivity (Wildman–Crippen MR) is 80.7 cm³/mol. The van der Waals surface area contributed by atoms with E-state index in [2.05, 4.69) is 4.98 Å². The maximum atomic E-state index is 12.5. The van der Waals surface area contributed by atoms with Crippen LogP contribution in [0, 0.1) is 0 Å². The van der Waals surface area contributed by atoms with Gasteiger partial charge in [-0.3, -0.25) is 9.59 Å². The first kappa shape index (κ1) is 17.7. The number of likely N-dealkylation sites (N-methyl/N-ethyl adjacent to an activating group) is 1. The second-order valence-corrected chi connectivity index (χ2v) is 5.29. The van der Waals surface area contributed by atoms with Gasteiger partial charge in [-0.25, -0.2) is 4.98 Å². The molecule has 0 unspecified atom stereocenters. The third-order valence-electron chi connectivity index (χ3n) is 2.73. The summed E-state index contributed by atoms with van der Waals surface area (Å²) >= 11 is 11.8. The van der Waals surface area contributed by atoms with E-state index < -0.39 is 5.91 Å². The van der Waals surface area contributed by atoms with Crippen molar-refractivity contribution >= 4 is 35.0 Å². The van der Waals surface area contributed by atoms with Gasteiger partial charge in [0.05, 0.1) is 17.2 Å². The van der Waals surface area contributed by atoms with Crippen molar-refractivity contribution in [2.45, 2.75) is 0 Å². The number of hydrogen-bond acceptors (Lipinski definition) is 4. The van der Waals surface area contributed by atoms with Crippen molar-refractivity contribution in [2.75, 3.05) is 40.9 Å². The molecule has 0 aromatic carbocycles. The molecule has 0 atom stereocenters. The van der Waals surface area contributed by atoms with Crippen molar-refractivity contribution in [3.8, 4) is 0 Å². The Morgan fingerprint density at radius 1 is 1.33 bits per heavy atom. The summed E-state index contributed by atoms with van der Waals surface area (Å²) in [6.07, 6.45) is 1.30. The molecule has 0 saturated heterocycles. The van der Waals surface area contributed by atoms with Crippen LogP contribution >= 0.6 is 23.2 Å². The average molecular weight is 334 g/mol. The van der Waals surface area contributed by atoms with Gasteiger partial charge in [0.1, 0.15) is 11.7 Å². The van der Waals surface area contributed by atoms with Crippen LogP contribution in [0.15, 0.2) is 12.3 Å². The van der Waals surface area contributed by atoms with Crippen molar-refractivity contribution in [1.29, 1.82) is 0 Å². The number of carbonyl (C=O) groups excluding carboxylic acids is 2. The molecule has 0 bridgehead atoms. The Bertz CT molecular complexity index is 523. The van der Waals surface area contributed by atoms with Crippen LogP contribution in [0.25, 0.3) is 0 Å². The van der Waals surface area contributed by atoms with Gasteiger partial charge in [-0.2, -0.15) is 0 Å². The lowest BCUT2D eigenvalue weighted by Crippen LogP contribution is -2.42. The van der Waals surface area contributed by atoms with E-state index in [9.17, 15) is 9.59 Å². The molecule has 1 aromatic rings. The molecule has 0 saturated carbocycles. The summed E-state index contributed by atoms with van der Waals surface area (Å²) in [4.78, 5) is 30.9. The second kappa shape index (κ2) is 8.17. The number of pyridine rings is 1. The SMILES string of the molecule is COCCN(CC(=O)N(C)C)C(=O)c1cc(Cl)ncc1Cl. The summed E-state index contributed by atoms with van der Waals surface area (Å²) in [6, 6.07) is 1.38. The number of rotatable bonds is 6. The first-order chi connectivity index (χ1) is 9.86. The van der Waals surface area contributed by atoms with E-state index in [-0.39, 0.29) is 34.7 Å². The number of hydrogen-bond donors (Lipinski definition) is 0. The number of carbonyl (C=O) groups is 2. The first-order valence-electron chi connectivity index (χ1n) is 6.16. The van der Waals surface area contributed by atoms with E-state index in [1.807, 2.05) is 0 Å². The third kappa shape index (κ3) is 5.15. The molecule has 1 rings (SSSR count). The van der Waals surface area contributed by atoms with Crippen molar-refractivity contribution in [3.63, 3.8) is 0 Å². The highest BCUT2D eigenvalue weighted by atomic mass is 35.5. The molecular weight excluding hydrogens is 317 g/mol. The smallest absolute Gasteiger partial charge is 0.256 e. The van der Waals surface area contributed by atoms with Crippen molar-refractivity contribution in [2.24, 2.45) is 0 Å². The van der Waals surface area contributed by atoms with Gasteiger partial charge in [0.25, 0.3) is 5.91 Å². The van der Waals surface area contributed by atoms with Gasteiger partial charge in [0, 0.05) is 33.9 Å². The van der Waals surface area contributed by atoms with Gasteiger partial charge >= 0.3 is 0 Å². The summed E-state index contributed by atoms with van der Waals surface area (Å²) < 4.78 is 4.96. The molecule has 6 nitrogen and oxygen atoms in total. The van der Waals surface area contributed by atoms with E-state index in [4.69, 9.17) is 27.9 Å². The number of methoxy groups -OCH3 is 1. The molecule has 1 heterocycles. The largest absolute Gasteiger partial charge is 0.383 e. The number of ether oxygens (including phenoxy) is 1. The predicted octanol–water partition coefficient (Wildman–Crippen LogP) is 1.57. The molecule has 0 aliphatic rings. The Morgan fingerprint density at radius 2 is 2.00 bits per heavy atom. The molecule has 0 spiro atoms. The zero-order valence-corrected chi connectivity index (χ0v) is 13.6. The number of nitrogens with zero attached hydrogens (tertiary/aromatic N) is 3. The normalized spacial score (nSPS) is 10.3. The minimum Gasteiger partial charge on any atom is -0.383 e. The minimum atomic E-state index is -0.392. The van der Waals surface area contributed by atoms with Crippen LogP contribution in [-0.2, 0) is 9.53 Å². The molecule has 0 aliphatic heterocycles. The minimum absolute atomic E-state index is 0.0640. The molecule has 0 fully saturated rings. The van der Waals surface area contributed by atoms with Gasteiger partial charge in [-0.05, 0) is 6.07 Å². The zero-order chi connectivity index (χ0) is 16.0. The van der Waals surface area contributed by atoms with Gasteiger partial charge in [-0.15, -0.1) is 0 Å². The van der Waals surface area contributed by atoms with Gasteiger partial charge in [-0.1, -0.05) is 23.2 Å². The van der Waals surface area contributed by atoms with Crippen LogP contribution in [0.3, 0.4) is 0 Å². The van der Waals surface area contributed by atoms with Gasteiger partial charge in [0.15, 0.2) is 0 Å². The maximum Gasteiger partial charge on any atom is 0.256 e. The maximum absolute atomic E-state index is 12.5. The quantitative estimate of drug-likeness (QED) is 0.741. The zero-order valence-electron chi connectivity index (χ0n) is 12.1. The highest BCUT2D eigenvalue weighted by Gasteiger charge is 2.22. The number of aromatic nitrogens is 1. The van der Waals surface area contributed by atoms with Crippen LogP contribution < -0.4 is 0 Å². The Hall–Kier alpha value is -1.37. The molecule has 116 valence electrons. The average Bonchev–Trinajstić information content (AvgIpc) is 2.44. The topological polar surface area (TPSA) is 62.7 Å². The molecule has 0 N–H and O–H groups in total.